The zero-order chi connectivity index (χ0) is 13.6. The van der Waals surface area contributed by atoms with Crippen LogP contribution in [0.5, 0.6) is 0 Å². The van der Waals surface area contributed by atoms with E-state index in [1.807, 2.05) is 0 Å². The second-order valence-corrected chi connectivity index (χ2v) is 6.03. The monoisotopic (exact) mass is 271 g/mol. The van der Waals surface area contributed by atoms with Crippen molar-refractivity contribution in [2.24, 2.45) is 0 Å². The van der Waals surface area contributed by atoms with Gasteiger partial charge in [-0.05, 0) is 12.1 Å². The first kappa shape index (κ1) is 14.7. The lowest BCUT2D eigenvalue weighted by Gasteiger charge is -2.15. The standard InChI is InChI=1S/C12H17NO4S/c1-13(8-9-14)12(15)7-10-18(16,17)11-5-3-2-4-6-11/h2-6,14H,7-10H2,1H3. The highest BCUT2D eigenvalue weighted by Gasteiger charge is 2.17. The molecule has 0 saturated heterocycles. The minimum atomic E-state index is -3.41. The Labute approximate surface area is 107 Å². The topological polar surface area (TPSA) is 74.7 Å². The molecule has 100 valence electrons. The number of aliphatic hydroxyl groups excluding tert-OH is 1. The number of amides is 1. The second kappa shape index (κ2) is 6.51. The molecule has 0 spiro atoms. The van der Waals surface area contributed by atoms with Crippen molar-refractivity contribution in [2.75, 3.05) is 26.0 Å². The van der Waals surface area contributed by atoms with Crippen LogP contribution >= 0.6 is 0 Å². The summed E-state index contributed by atoms with van der Waals surface area (Å²) in [5.41, 5.74) is 0. The maximum atomic E-state index is 11.9. The number of sulfone groups is 1. The van der Waals surface area contributed by atoms with E-state index in [1.54, 1.807) is 18.2 Å². The highest BCUT2D eigenvalue weighted by molar-refractivity contribution is 7.91. The minimum absolute atomic E-state index is 0.0757. The molecule has 0 heterocycles. The molecule has 0 aliphatic rings. The summed E-state index contributed by atoms with van der Waals surface area (Å²) in [6, 6.07) is 8.05. The molecule has 0 atom stereocenters. The zero-order valence-electron chi connectivity index (χ0n) is 10.2. The fourth-order valence-electron chi connectivity index (χ4n) is 1.43. The molecule has 5 nitrogen and oxygen atoms in total. The maximum Gasteiger partial charge on any atom is 0.223 e. The third-order valence-corrected chi connectivity index (χ3v) is 4.28. The largest absolute Gasteiger partial charge is 0.395 e. The third-order valence-electron chi connectivity index (χ3n) is 2.55. The smallest absolute Gasteiger partial charge is 0.223 e. The molecule has 0 aliphatic carbocycles. The van der Waals surface area contributed by atoms with Crippen LogP contribution in [0, 0.1) is 0 Å². The van der Waals surface area contributed by atoms with E-state index in [9.17, 15) is 13.2 Å². The van der Waals surface area contributed by atoms with Gasteiger partial charge in [0.2, 0.25) is 5.91 Å². The summed E-state index contributed by atoms with van der Waals surface area (Å²) < 4.78 is 23.8. The van der Waals surface area contributed by atoms with Gasteiger partial charge in [0, 0.05) is 20.0 Å². The van der Waals surface area contributed by atoms with E-state index in [0.29, 0.717) is 0 Å². The molecule has 0 aromatic heterocycles. The van der Waals surface area contributed by atoms with Crippen LogP contribution in [0.15, 0.2) is 35.2 Å². The Bertz CT molecular complexity index is 484. The number of hydrogen-bond acceptors (Lipinski definition) is 4. The SMILES string of the molecule is CN(CCO)C(=O)CCS(=O)(=O)c1ccccc1. The van der Waals surface area contributed by atoms with Crippen LogP contribution in [0.3, 0.4) is 0 Å². The summed E-state index contributed by atoms with van der Waals surface area (Å²) in [4.78, 5) is 13.1. The third kappa shape index (κ3) is 4.12. The van der Waals surface area contributed by atoms with Gasteiger partial charge in [0.05, 0.1) is 17.3 Å². The van der Waals surface area contributed by atoms with Gasteiger partial charge in [-0.2, -0.15) is 0 Å². The number of rotatable bonds is 6. The number of carbonyl (C=O) groups is 1. The molecule has 0 aliphatic heterocycles. The molecule has 1 aromatic carbocycles. The number of likely N-dealkylation sites (N-methyl/N-ethyl adjacent to an activating group) is 1. The summed E-state index contributed by atoms with van der Waals surface area (Å²) in [5, 5.41) is 8.68. The van der Waals surface area contributed by atoms with Crippen molar-refractivity contribution in [1.82, 2.24) is 4.90 Å². The Kier molecular flexibility index (Phi) is 5.30. The highest BCUT2D eigenvalue weighted by atomic mass is 32.2. The molecule has 0 saturated carbocycles. The van der Waals surface area contributed by atoms with Crippen molar-refractivity contribution < 1.29 is 18.3 Å². The van der Waals surface area contributed by atoms with Gasteiger partial charge in [0.25, 0.3) is 0 Å². The van der Waals surface area contributed by atoms with Crippen LogP contribution < -0.4 is 0 Å². The molecular weight excluding hydrogens is 254 g/mol. The summed E-state index contributed by atoms with van der Waals surface area (Å²) in [6.45, 7) is 0.0812. The predicted molar refractivity (Wildman–Crippen MR) is 67.8 cm³/mol. The predicted octanol–water partition coefficient (Wildman–Crippen LogP) is 0.301. The normalized spacial score (nSPS) is 11.2. The van der Waals surface area contributed by atoms with E-state index in [0.717, 1.165) is 0 Å². The van der Waals surface area contributed by atoms with Crippen LogP contribution in [0.2, 0.25) is 0 Å². The fraction of sp³-hybridized carbons (Fsp3) is 0.417. The Morgan fingerprint density at radius 2 is 1.89 bits per heavy atom. The van der Waals surface area contributed by atoms with Crippen LogP contribution in [0.25, 0.3) is 0 Å². The van der Waals surface area contributed by atoms with Gasteiger partial charge >= 0.3 is 0 Å². The molecule has 0 fully saturated rings. The molecule has 6 heteroatoms. The average Bonchev–Trinajstić information content (AvgIpc) is 2.37. The van der Waals surface area contributed by atoms with Gasteiger partial charge in [-0.25, -0.2) is 8.42 Å². The Morgan fingerprint density at radius 1 is 1.28 bits per heavy atom. The van der Waals surface area contributed by atoms with Crippen molar-refractivity contribution in [3.8, 4) is 0 Å². The lowest BCUT2D eigenvalue weighted by Crippen LogP contribution is -2.30. The van der Waals surface area contributed by atoms with E-state index >= 15 is 0 Å². The lowest BCUT2D eigenvalue weighted by molar-refractivity contribution is -0.129. The van der Waals surface area contributed by atoms with Gasteiger partial charge in [-0.15, -0.1) is 0 Å². The van der Waals surface area contributed by atoms with E-state index in [-0.39, 0.29) is 36.1 Å². The maximum absolute atomic E-state index is 11.9. The molecular formula is C12H17NO4S. The summed E-state index contributed by atoms with van der Waals surface area (Å²) in [6.07, 6.45) is -0.0757. The molecule has 0 unspecified atom stereocenters. The number of nitrogens with zero attached hydrogens (tertiary/aromatic N) is 1. The quantitative estimate of drug-likeness (QED) is 0.807. The van der Waals surface area contributed by atoms with Gasteiger partial charge in [0.15, 0.2) is 9.84 Å². The molecule has 0 radical (unpaired) electrons. The summed E-state index contributed by atoms with van der Waals surface area (Å²) in [5.74, 6) is -0.505. The Balaban J connectivity index is 2.61. The van der Waals surface area contributed by atoms with E-state index in [1.165, 1.54) is 24.1 Å². The van der Waals surface area contributed by atoms with Crippen molar-refractivity contribution in [1.29, 1.82) is 0 Å². The first-order chi connectivity index (χ1) is 8.47. The number of aliphatic hydroxyl groups is 1. The molecule has 1 amide bonds. The zero-order valence-corrected chi connectivity index (χ0v) is 11.1. The molecule has 1 aromatic rings. The molecule has 18 heavy (non-hydrogen) atoms. The van der Waals surface area contributed by atoms with Crippen LogP contribution in [-0.4, -0.2) is 50.3 Å². The molecule has 1 rings (SSSR count). The average molecular weight is 271 g/mol. The van der Waals surface area contributed by atoms with E-state index in [4.69, 9.17) is 5.11 Å². The number of carbonyl (C=O) groups excluding carboxylic acids is 1. The summed E-state index contributed by atoms with van der Waals surface area (Å²) in [7, 11) is -1.88. The van der Waals surface area contributed by atoms with Crippen LogP contribution in [0.1, 0.15) is 6.42 Å². The first-order valence-electron chi connectivity index (χ1n) is 5.60. The first-order valence-corrected chi connectivity index (χ1v) is 7.25. The number of hydrogen-bond donors (Lipinski definition) is 1. The van der Waals surface area contributed by atoms with Crippen molar-refractivity contribution >= 4 is 15.7 Å². The molecule has 1 N–H and O–H groups in total. The van der Waals surface area contributed by atoms with Crippen LogP contribution in [0.4, 0.5) is 0 Å². The van der Waals surface area contributed by atoms with Crippen molar-refractivity contribution in [3.05, 3.63) is 30.3 Å². The summed E-state index contributed by atoms with van der Waals surface area (Å²) >= 11 is 0. The molecule has 0 bridgehead atoms. The fourth-order valence-corrected chi connectivity index (χ4v) is 2.68. The number of benzene rings is 1. The van der Waals surface area contributed by atoms with Gasteiger partial charge in [0.1, 0.15) is 0 Å². The van der Waals surface area contributed by atoms with Gasteiger partial charge < -0.3 is 10.0 Å². The lowest BCUT2D eigenvalue weighted by atomic mass is 10.4. The van der Waals surface area contributed by atoms with E-state index < -0.39 is 9.84 Å². The van der Waals surface area contributed by atoms with Gasteiger partial charge in [-0.1, -0.05) is 18.2 Å². The van der Waals surface area contributed by atoms with Crippen LogP contribution in [-0.2, 0) is 14.6 Å². The second-order valence-electron chi connectivity index (χ2n) is 3.92. The Hall–Kier alpha value is -1.40. The minimum Gasteiger partial charge on any atom is -0.395 e. The van der Waals surface area contributed by atoms with E-state index in [2.05, 4.69) is 0 Å². The van der Waals surface area contributed by atoms with Crippen molar-refractivity contribution in [2.45, 2.75) is 11.3 Å². The van der Waals surface area contributed by atoms with Gasteiger partial charge in [-0.3, -0.25) is 4.79 Å². The Morgan fingerprint density at radius 3 is 2.44 bits per heavy atom. The van der Waals surface area contributed by atoms with Crippen molar-refractivity contribution in [3.63, 3.8) is 0 Å². The highest BCUT2D eigenvalue weighted by Crippen LogP contribution is 2.11.